The molecule has 1 rings (SSSR count). The van der Waals surface area contributed by atoms with E-state index < -0.39 is 0 Å². The van der Waals surface area contributed by atoms with E-state index >= 15 is 0 Å². The van der Waals surface area contributed by atoms with Crippen LogP contribution in [0.3, 0.4) is 0 Å². The van der Waals surface area contributed by atoms with Gasteiger partial charge in [-0.3, -0.25) is 4.90 Å². The molecule has 1 fully saturated rings. The number of hydrogen-bond acceptors (Lipinski definition) is 3. The lowest BCUT2D eigenvalue weighted by atomic mass is 10.4. The van der Waals surface area contributed by atoms with E-state index in [4.69, 9.17) is 5.73 Å². The maximum Gasteiger partial charge on any atom is 0.0543 e. The molecule has 1 aliphatic heterocycles. The molecule has 0 aromatic rings. The Labute approximate surface area is 67.1 Å². The van der Waals surface area contributed by atoms with Crippen molar-refractivity contribution >= 4 is 11.8 Å². The van der Waals surface area contributed by atoms with E-state index in [-0.39, 0.29) is 6.17 Å². The third kappa shape index (κ3) is 2.48. The average Bonchev–Trinajstić information content (AvgIpc) is 2.12. The Morgan fingerprint density at radius 3 is 2.90 bits per heavy atom. The van der Waals surface area contributed by atoms with Crippen molar-refractivity contribution in [3.8, 4) is 0 Å². The van der Waals surface area contributed by atoms with Gasteiger partial charge in [0.25, 0.3) is 0 Å². The fourth-order valence-corrected chi connectivity index (χ4v) is 2.07. The van der Waals surface area contributed by atoms with Crippen molar-refractivity contribution in [1.82, 2.24) is 4.90 Å². The van der Waals surface area contributed by atoms with E-state index in [2.05, 4.69) is 11.8 Å². The first-order valence-corrected chi connectivity index (χ1v) is 5.03. The minimum atomic E-state index is 0.249. The molecule has 0 saturated carbocycles. The van der Waals surface area contributed by atoms with Gasteiger partial charge in [0.15, 0.2) is 0 Å². The van der Waals surface area contributed by atoms with Crippen molar-refractivity contribution in [3.63, 3.8) is 0 Å². The van der Waals surface area contributed by atoms with Gasteiger partial charge in [-0.2, -0.15) is 11.8 Å². The van der Waals surface area contributed by atoms with Crippen molar-refractivity contribution in [1.29, 1.82) is 0 Å². The Bertz CT molecular complexity index is 87.6. The first-order chi connectivity index (χ1) is 4.80. The molecule has 2 nitrogen and oxygen atoms in total. The van der Waals surface area contributed by atoms with Crippen LogP contribution < -0.4 is 5.73 Å². The molecule has 1 heterocycles. The largest absolute Gasteiger partial charge is 0.316 e. The summed E-state index contributed by atoms with van der Waals surface area (Å²) < 4.78 is 0. The molecular formula is C7H16N2S. The van der Waals surface area contributed by atoms with Crippen LogP contribution in [0.4, 0.5) is 0 Å². The molecule has 2 N–H and O–H groups in total. The van der Waals surface area contributed by atoms with Crippen LogP contribution in [0.5, 0.6) is 0 Å². The summed E-state index contributed by atoms with van der Waals surface area (Å²) in [5, 5.41) is 0. The lowest BCUT2D eigenvalue weighted by Crippen LogP contribution is -2.40. The molecule has 60 valence electrons. The Morgan fingerprint density at radius 2 is 2.20 bits per heavy atom. The van der Waals surface area contributed by atoms with Crippen LogP contribution >= 0.6 is 11.8 Å². The number of nitrogens with zero attached hydrogens (tertiary/aromatic N) is 1. The van der Waals surface area contributed by atoms with Crippen LogP contribution in [0, 0.1) is 0 Å². The first kappa shape index (κ1) is 8.37. The molecule has 1 saturated heterocycles. The molecule has 10 heavy (non-hydrogen) atoms. The standard InChI is InChI=1S/C7H16N2S/c1-7(8)9-3-2-5-10-6-4-9/h7H,2-6,8H2,1H3. The molecule has 1 unspecified atom stereocenters. The van der Waals surface area contributed by atoms with Crippen LogP contribution in [0.2, 0.25) is 0 Å². The highest BCUT2D eigenvalue weighted by atomic mass is 32.2. The minimum absolute atomic E-state index is 0.249. The van der Waals surface area contributed by atoms with Gasteiger partial charge in [-0.25, -0.2) is 0 Å². The lowest BCUT2D eigenvalue weighted by molar-refractivity contribution is 0.230. The van der Waals surface area contributed by atoms with Gasteiger partial charge >= 0.3 is 0 Å². The second-order valence-electron chi connectivity index (χ2n) is 2.74. The maximum atomic E-state index is 5.75. The summed E-state index contributed by atoms with van der Waals surface area (Å²) in [6, 6.07) is 0. The number of nitrogens with two attached hydrogens (primary N) is 1. The highest BCUT2D eigenvalue weighted by Gasteiger charge is 2.11. The quantitative estimate of drug-likeness (QED) is 0.613. The highest BCUT2D eigenvalue weighted by Crippen LogP contribution is 2.10. The molecule has 0 spiro atoms. The highest BCUT2D eigenvalue weighted by molar-refractivity contribution is 7.99. The van der Waals surface area contributed by atoms with Crippen LogP contribution in [0.1, 0.15) is 13.3 Å². The monoisotopic (exact) mass is 160 g/mol. The van der Waals surface area contributed by atoms with E-state index in [1.54, 1.807) is 0 Å². The molecule has 0 aromatic heterocycles. The summed E-state index contributed by atoms with van der Waals surface area (Å²) >= 11 is 2.04. The third-order valence-electron chi connectivity index (χ3n) is 1.83. The molecule has 3 heteroatoms. The average molecular weight is 160 g/mol. The minimum Gasteiger partial charge on any atom is -0.316 e. The van der Waals surface area contributed by atoms with Gasteiger partial charge in [0, 0.05) is 18.8 Å². The fraction of sp³-hybridized carbons (Fsp3) is 1.00. The van der Waals surface area contributed by atoms with Gasteiger partial charge in [0.2, 0.25) is 0 Å². The van der Waals surface area contributed by atoms with Gasteiger partial charge in [-0.05, 0) is 19.1 Å². The van der Waals surface area contributed by atoms with E-state index in [1.807, 2.05) is 11.8 Å². The van der Waals surface area contributed by atoms with Crippen LogP contribution in [-0.4, -0.2) is 35.7 Å². The fourth-order valence-electron chi connectivity index (χ4n) is 1.17. The van der Waals surface area contributed by atoms with Crippen molar-refractivity contribution in [3.05, 3.63) is 0 Å². The Morgan fingerprint density at radius 1 is 1.40 bits per heavy atom. The Hall–Kier alpha value is 0.270. The third-order valence-corrected chi connectivity index (χ3v) is 2.88. The Kier molecular flexibility index (Phi) is 3.52. The number of thioether (sulfide) groups is 1. The van der Waals surface area contributed by atoms with E-state index in [0.29, 0.717) is 0 Å². The summed E-state index contributed by atoms with van der Waals surface area (Å²) in [6.07, 6.45) is 1.55. The maximum absolute atomic E-state index is 5.75. The van der Waals surface area contributed by atoms with E-state index in [9.17, 15) is 0 Å². The summed E-state index contributed by atoms with van der Waals surface area (Å²) in [5.74, 6) is 2.56. The van der Waals surface area contributed by atoms with Crippen molar-refractivity contribution in [2.75, 3.05) is 24.6 Å². The molecular weight excluding hydrogens is 144 g/mol. The van der Waals surface area contributed by atoms with Gasteiger partial charge in [-0.1, -0.05) is 0 Å². The molecule has 1 atom stereocenters. The summed E-state index contributed by atoms with van der Waals surface area (Å²) in [5.41, 5.74) is 5.75. The zero-order valence-electron chi connectivity index (χ0n) is 6.55. The van der Waals surface area contributed by atoms with Crippen molar-refractivity contribution in [2.24, 2.45) is 5.73 Å². The second kappa shape index (κ2) is 4.21. The molecule has 0 radical (unpaired) electrons. The molecule has 0 amide bonds. The molecule has 0 bridgehead atoms. The SMILES string of the molecule is CC(N)N1CCCSCC1. The van der Waals surface area contributed by atoms with Gasteiger partial charge < -0.3 is 5.73 Å². The number of hydrogen-bond donors (Lipinski definition) is 1. The second-order valence-corrected chi connectivity index (χ2v) is 3.97. The van der Waals surface area contributed by atoms with Crippen LogP contribution in [-0.2, 0) is 0 Å². The zero-order valence-corrected chi connectivity index (χ0v) is 7.36. The first-order valence-electron chi connectivity index (χ1n) is 3.88. The molecule has 0 aliphatic carbocycles. The van der Waals surface area contributed by atoms with Gasteiger partial charge in [-0.15, -0.1) is 0 Å². The smallest absolute Gasteiger partial charge is 0.0543 e. The van der Waals surface area contributed by atoms with Crippen molar-refractivity contribution < 1.29 is 0 Å². The summed E-state index contributed by atoms with van der Waals surface area (Å²) in [6.45, 7) is 4.42. The molecule has 0 aromatic carbocycles. The lowest BCUT2D eigenvalue weighted by Gasteiger charge is -2.23. The van der Waals surface area contributed by atoms with Gasteiger partial charge in [0.05, 0.1) is 6.17 Å². The molecule has 1 aliphatic rings. The van der Waals surface area contributed by atoms with Crippen LogP contribution in [0.15, 0.2) is 0 Å². The number of rotatable bonds is 1. The summed E-state index contributed by atoms with van der Waals surface area (Å²) in [4.78, 5) is 2.35. The predicted octanol–water partition coefficient (Wildman–Crippen LogP) is 0.730. The van der Waals surface area contributed by atoms with Gasteiger partial charge in [0.1, 0.15) is 0 Å². The normalized spacial score (nSPS) is 25.8. The zero-order chi connectivity index (χ0) is 7.40. The van der Waals surface area contributed by atoms with Crippen LogP contribution in [0.25, 0.3) is 0 Å². The topological polar surface area (TPSA) is 29.3 Å². The van der Waals surface area contributed by atoms with Crippen molar-refractivity contribution in [2.45, 2.75) is 19.5 Å². The van der Waals surface area contributed by atoms with E-state index in [0.717, 1.165) is 0 Å². The predicted molar refractivity (Wildman–Crippen MR) is 47.2 cm³/mol. The Balaban J connectivity index is 2.28. The van der Waals surface area contributed by atoms with E-state index in [1.165, 1.54) is 31.0 Å². The summed E-state index contributed by atoms with van der Waals surface area (Å²) in [7, 11) is 0.